The lowest BCUT2D eigenvalue weighted by molar-refractivity contribution is -0.123. The molecule has 2 aliphatic rings. The molecule has 3 aromatic rings. The molecule has 0 aromatic heterocycles. The molecule has 3 amide bonds. The van der Waals surface area contributed by atoms with Gasteiger partial charge in [-0.05, 0) is 55.0 Å². The number of amides is 3. The molecule has 3 aromatic carbocycles. The second-order valence-corrected chi connectivity index (χ2v) is 9.30. The number of anilines is 1. The quantitative estimate of drug-likeness (QED) is 0.526. The van der Waals surface area contributed by atoms with Crippen molar-refractivity contribution in [1.82, 2.24) is 10.4 Å². The van der Waals surface area contributed by atoms with E-state index < -0.39 is 23.9 Å². The van der Waals surface area contributed by atoms with E-state index in [9.17, 15) is 14.4 Å². The van der Waals surface area contributed by atoms with Crippen molar-refractivity contribution in [1.29, 1.82) is 0 Å². The number of carbonyl (C=O) groups is 3. The maximum atomic E-state index is 13.6. The molecule has 34 heavy (non-hydrogen) atoms. The third-order valence-corrected chi connectivity index (χ3v) is 6.79. The van der Waals surface area contributed by atoms with E-state index in [0.717, 1.165) is 15.6 Å². The number of hydrogen-bond donors (Lipinski definition) is 1. The maximum absolute atomic E-state index is 13.6. The molecule has 2 heterocycles. The summed E-state index contributed by atoms with van der Waals surface area (Å²) in [5.41, 5.74) is 5.88. The summed E-state index contributed by atoms with van der Waals surface area (Å²) in [5.74, 6) is -1.23. The molecular formula is C26H22BrN3O4. The van der Waals surface area contributed by atoms with E-state index in [2.05, 4.69) is 21.4 Å². The number of imide groups is 1. The highest BCUT2D eigenvalue weighted by Gasteiger charge is 2.60. The summed E-state index contributed by atoms with van der Waals surface area (Å²) in [6.07, 6.45) is 0. The molecule has 1 N–H and O–H groups in total. The van der Waals surface area contributed by atoms with Gasteiger partial charge >= 0.3 is 0 Å². The van der Waals surface area contributed by atoms with Gasteiger partial charge in [-0.3, -0.25) is 19.4 Å². The lowest BCUT2D eigenvalue weighted by Gasteiger charge is -2.25. The first-order valence-electron chi connectivity index (χ1n) is 10.8. The first kappa shape index (κ1) is 22.3. The number of aryl methyl sites for hydroxylation is 1. The van der Waals surface area contributed by atoms with Gasteiger partial charge in [0.1, 0.15) is 11.8 Å². The predicted octanol–water partition coefficient (Wildman–Crippen LogP) is 4.03. The Balaban J connectivity index is 1.57. The van der Waals surface area contributed by atoms with Crippen molar-refractivity contribution in [3.05, 3.63) is 94.0 Å². The van der Waals surface area contributed by atoms with Gasteiger partial charge in [-0.1, -0.05) is 51.8 Å². The van der Waals surface area contributed by atoms with Gasteiger partial charge in [-0.25, -0.2) is 10.3 Å². The number of halogens is 1. The number of hydrazine groups is 1. The Hall–Kier alpha value is -3.49. The standard InChI is InChI=1S/C26H22BrN3O4/c1-15-6-10-19(11-7-15)29-25(32)21-22(16-8-12-20(34-2)13-9-16)28-30(23(21)26(29)33)24(31)17-4-3-5-18(27)14-17/h3-14,21-23,28H,1-2H3. The van der Waals surface area contributed by atoms with Crippen LogP contribution in [0, 0.1) is 12.8 Å². The highest BCUT2D eigenvalue weighted by molar-refractivity contribution is 9.10. The Labute approximate surface area is 205 Å². The lowest BCUT2D eigenvalue weighted by Crippen LogP contribution is -2.48. The number of nitrogens with one attached hydrogen (secondary N) is 1. The molecule has 2 fully saturated rings. The number of methoxy groups -OCH3 is 1. The lowest BCUT2D eigenvalue weighted by atomic mass is 9.91. The Bertz CT molecular complexity index is 1280. The summed E-state index contributed by atoms with van der Waals surface area (Å²) in [5, 5.41) is 1.32. The van der Waals surface area contributed by atoms with Gasteiger partial charge in [-0.2, -0.15) is 0 Å². The third kappa shape index (κ3) is 3.69. The monoisotopic (exact) mass is 519 g/mol. The summed E-state index contributed by atoms with van der Waals surface area (Å²) < 4.78 is 6.00. The van der Waals surface area contributed by atoms with Crippen LogP contribution in [0.3, 0.4) is 0 Å². The number of nitrogens with zero attached hydrogens (tertiary/aromatic N) is 2. The molecular weight excluding hydrogens is 498 g/mol. The van der Waals surface area contributed by atoms with Crippen molar-refractivity contribution < 1.29 is 19.1 Å². The van der Waals surface area contributed by atoms with Crippen molar-refractivity contribution in [3.63, 3.8) is 0 Å². The minimum absolute atomic E-state index is 0.336. The van der Waals surface area contributed by atoms with E-state index in [4.69, 9.17) is 4.74 Å². The van der Waals surface area contributed by atoms with E-state index in [0.29, 0.717) is 17.0 Å². The maximum Gasteiger partial charge on any atom is 0.268 e. The van der Waals surface area contributed by atoms with Crippen LogP contribution >= 0.6 is 15.9 Å². The average molecular weight is 520 g/mol. The highest BCUT2D eigenvalue weighted by atomic mass is 79.9. The van der Waals surface area contributed by atoms with Gasteiger partial charge in [0.2, 0.25) is 5.91 Å². The molecule has 0 bridgehead atoms. The summed E-state index contributed by atoms with van der Waals surface area (Å²) in [4.78, 5) is 42.0. The summed E-state index contributed by atoms with van der Waals surface area (Å²) in [6.45, 7) is 1.94. The minimum atomic E-state index is -0.965. The largest absolute Gasteiger partial charge is 0.497 e. The summed E-state index contributed by atoms with van der Waals surface area (Å²) in [7, 11) is 1.58. The van der Waals surface area contributed by atoms with Gasteiger partial charge in [0.15, 0.2) is 0 Å². The predicted molar refractivity (Wildman–Crippen MR) is 130 cm³/mol. The molecule has 2 saturated heterocycles. The molecule has 5 rings (SSSR count). The fourth-order valence-corrected chi connectivity index (χ4v) is 4.97. The second-order valence-electron chi connectivity index (χ2n) is 8.38. The molecule has 0 spiro atoms. The van der Waals surface area contributed by atoms with E-state index in [1.807, 2.05) is 37.3 Å². The van der Waals surface area contributed by atoms with Crippen molar-refractivity contribution >= 4 is 39.3 Å². The Morgan fingerprint density at radius 1 is 0.971 bits per heavy atom. The van der Waals surface area contributed by atoms with Crippen LogP contribution in [-0.4, -0.2) is 35.9 Å². The van der Waals surface area contributed by atoms with Gasteiger partial charge in [0.25, 0.3) is 11.8 Å². The molecule has 0 aliphatic carbocycles. The van der Waals surface area contributed by atoms with Crippen LogP contribution in [0.1, 0.15) is 27.5 Å². The Morgan fingerprint density at radius 3 is 2.32 bits per heavy atom. The fraction of sp³-hybridized carbons (Fsp3) is 0.192. The smallest absolute Gasteiger partial charge is 0.268 e. The van der Waals surface area contributed by atoms with Crippen LogP contribution in [0.5, 0.6) is 5.75 Å². The normalized spacial score (nSPS) is 21.7. The number of fused-ring (bicyclic) bond motifs is 1. The molecule has 3 atom stereocenters. The Kier molecular flexibility index (Phi) is 5.71. The fourth-order valence-electron chi connectivity index (χ4n) is 4.57. The number of hydrogen-bond acceptors (Lipinski definition) is 5. The molecule has 0 radical (unpaired) electrons. The van der Waals surface area contributed by atoms with Crippen LogP contribution in [0.25, 0.3) is 0 Å². The zero-order valence-corrected chi connectivity index (χ0v) is 20.2. The summed E-state index contributed by atoms with van der Waals surface area (Å²) >= 11 is 3.39. The number of benzene rings is 3. The van der Waals surface area contributed by atoms with Crippen molar-refractivity contribution in [3.8, 4) is 5.75 Å². The van der Waals surface area contributed by atoms with Crippen molar-refractivity contribution in [2.45, 2.75) is 19.0 Å². The zero-order chi connectivity index (χ0) is 24.0. The molecule has 3 unspecified atom stereocenters. The van der Waals surface area contributed by atoms with E-state index in [1.165, 1.54) is 9.91 Å². The van der Waals surface area contributed by atoms with Gasteiger partial charge in [0, 0.05) is 10.0 Å². The van der Waals surface area contributed by atoms with Crippen molar-refractivity contribution in [2.75, 3.05) is 12.0 Å². The van der Waals surface area contributed by atoms with Crippen LogP contribution in [0.2, 0.25) is 0 Å². The van der Waals surface area contributed by atoms with Crippen LogP contribution < -0.4 is 15.1 Å². The van der Waals surface area contributed by atoms with Crippen LogP contribution in [-0.2, 0) is 9.59 Å². The number of ether oxygens (including phenoxy) is 1. The van der Waals surface area contributed by atoms with E-state index in [1.54, 1.807) is 49.6 Å². The molecule has 8 heteroatoms. The van der Waals surface area contributed by atoms with Crippen molar-refractivity contribution in [2.24, 2.45) is 5.92 Å². The van der Waals surface area contributed by atoms with Gasteiger partial charge in [0.05, 0.1) is 24.8 Å². The molecule has 172 valence electrons. The number of carbonyl (C=O) groups excluding carboxylic acids is 3. The van der Waals surface area contributed by atoms with Gasteiger partial charge in [-0.15, -0.1) is 0 Å². The van der Waals surface area contributed by atoms with E-state index >= 15 is 0 Å². The average Bonchev–Trinajstić information content (AvgIpc) is 3.36. The SMILES string of the molecule is COc1ccc(C2NN(C(=O)c3cccc(Br)c3)C3C(=O)N(c4ccc(C)cc4)C(=O)C23)cc1. The van der Waals surface area contributed by atoms with Gasteiger partial charge < -0.3 is 4.74 Å². The highest BCUT2D eigenvalue weighted by Crippen LogP contribution is 2.42. The Morgan fingerprint density at radius 2 is 1.68 bits per heavy atom. The zero-order valence-electron chi connectivity index (χ0n) is 18.6. The third-order valence-electron chi connectivity index (χ3n) is 6.29. The minimum Gasteiger partial charge on any atom is -0.497 e. The first-order chi connectivity index (χ1) is 16.4. The van der Waals surface area contributed by atoms with Crippen LogP contribution in [0.15, 0.2) is 77.3 Å². The topological polar surface area (TPSA) is 79.0 Å². The molecule has 2 aliphatic heterocycles. The van der Waals surface area contributed by atoms with E-state index in [-0.39, 0.29) is 11.8 Å². The summed E-state index contributed by atoms with van der Waals surface area (Å²) in [6, 6.07) is 19.9. The van der Waals surface area contributed by atoms with Crippen LogP contribution in [0.4, 0.5) is 5.69 Å². The molecule has 0 saturated carbocycles. The second kappa shape index (κ2) is 8.70. The molecule has 7 nitrogen and oxygen atoms in total. The first-order valence-corrected chi connectivity index (χ1v) is 11.6. The number of rotatable bonds is 4.